The fourth-order valence-electron chi connectivity index (χ4n) is 2.53. The summed E-state index contributed by atoms with van der Waals surface area (Å²) in [4.78, 5) is 14.6. The molecule has 6 heteroatoms. The number of anilines is 1. The molecule has 1 atom stereocenters. The molecular weight excluding hydrogens is 294 g/mol. The first-order valence-corrected chi connectivity index (χ1v) is 7.66. The van der Waals surface area contributed by atoms with Crippen LogP contribution >= 0.6 is 23.7 Å². The van der Waals surface area contributed by atoms with Gasteiger partial charge in [0.05, 0.1) is 11.6 Å². The minimum absolute atomic E-state index is 0. The van der Waals surface area contributed by atoms with Crippen LogP contribution in [-0.4, -0.2) is 29.9 Å². The molecule has 1 saturated heterocycles. The highest BCUT2D eigenvalue weighted by atomic mass is 35.5. The van der Waals surface area contributed by atoms with Gasteiger partial charge in [-0.1, -0.05) is 13.3 Å². The normalized spacial score (nSPS) is 18.9. The molecule has 2 heterocycles. The van der Waals surface area contributed by atoms with Crippen molar-refractivity contribution >= 4 is 34.7 Å². The molecule has 0 saturated carbocycles. The monoisotopic (exact) mass is 313 g/mol. The van der Waals surface area contributed by atoms with Crippen molar-refractivity contribution in [3.05, 3.63) is 17.0 Å². The Balaban J connectivity index is 0.00000200. The highest BCUT2D eigenvalue weighted by molar-refractivity contribution is 7.14. The molecule has 110 valence electrons. The maximum absolute atomic E-state index is 12.4. The van der Waals surface area contributed by atoms with Gasteiger partial charge in [-0.2, -0.15) is 5.26 Å². The minimum atomic E-state index is -0.0395. The molecule has 2 rings (SSSR count). The molecule has 1 fully saturated rings. The van der Waals surface area contributed by atoms with E-state index in [1.807, 2.05) is 5.38 Å². The lowest BCUT2D eigenvalue weighted by Gasteiger charge is -2.34. The van der Waals surface area contributed by atoms with E-state index in [2.05, 4.69) is 23.2 Å². The molecule has 20 heavy (non-hydrogen) atoms. The number of rotatable bonds is 4. The Kier molecular flexibility index (Phi) is 7.00. The number of carbonyl (C=O) groups is 1. The van der Waals surface area contributed by atoms with Crippen LogP contribution < -0.4 is 5.32 Å². The van der Waals surface area contributed by atoms with Gasteiger partial charge in [0.25, 0.3) is 0 Å². The summed E-state index contributed by atoms with van der Waals surface area (Å²) in [5.74, 6) is 0.0344. The second-order valence-corrected chi connectivity index (χ2v) is 5.73. The Labute approximate surface area is 130 Å². The van der Waals surface area contributed by atoms with E-state index >= 15 is 0 Å². The van der Waals surface area contributed by atoms with Crippen molar-refractivity contribution in [2.45, 2.75) is 38.6 Å². The third-order valence-electron chi connectivity index (χ3n) is 3.45. The molecule has 1 aliphatic rings. The van der Waals surface area contributed by atoms with Gasteiger partial charge in [0.2, 0.25) is 5.91 Å². The second kappa shape index (κ2) is 8.25. The zero-order chi connectivity index (χ0) is 13.7. The summed E-state index contributed by atoms with van der Waals surface area (Å²) in [6.07, 6.45) is 4.26. The summed E-state index contributed by atoms with van der Waals surface area (Å²) in [7, 11) is 0. The summed E-state index contributed by atoms with van der Waals surface area (Å²) in [5.41, 5.74) is 0.552. The SMILES string of the molecule is CCCN1CCCC[C@H]1C(=O)Nc1sccc1C#N.Cl. The molecule has 0 radical (unpaired) electrons. The third-order valence-corrected chi connectivity index (χ3v) is 4.28. The molecule has 0 bridgehead atoms. The number of amides is 1. The molecule has 0 aliphatic carbocycles. The van der Waals surface area contributed by atoms with Crippen LogP contribution in [0.1, 0.15) is 38.2 Å². The number of nitrogens with one attached hydrogen (secondary N) is 1. The number of halogens is 1. The lowest BCUT2D eigenvalue weighted by atomic mass is 10.0. The van der Waals surface area contributed by atoms with E-state index in [-0.39, 0.29) is 24.4 Å². The number of nitrogens with zero attached hydrogens (tertiary/aromatic N) is 2. The van der Waals surface area contributed by atoms with Crippen LogP contribution in [-0.2, 0) is 4.79 Å². The zero-order valence-corrected chi connectivity index (χ0v) is 13.2. The Morgan fingerprint density at radius 1 is 1.60 bits per heavy atom. The largest absolute Gasteiger partial charge is 0.315 e. The van der Waals surface area contributed by atoms with Crippen molar-refractivity contribution in [1.82, 2.24) is 4.90 Å². The molecule has 1 N–H and O–H groups in total. The first kappa shape index (κ1) is 17.0. The van der Waals surface area contributed by atoms with Crippen molar-refractivity contribution < 1.29 is 4.79 Å². The van der Waals surface area contributed by atoms with Gasteiger partial charge < -0.3 is 5.32 Å². The number of carbonyl (C=O) groups excluding carboxylic acids is 1. The first-order valence-electron chi connectivity index (χ1n) is 6.78. The van der Waals surface area contributed by atoms with Crippen molar-refractivity contribution in [3.8, 4) is 6.07 Å². The van der Waals surface area contributed by atoms with E-state index < -0.39 is 0 Å². The standard InChI is InChI=1S/C14H19N3OS.ClH/c1-2-7-17-8-4-3-5-12(17)13(18)16-14-11(10-15)6-9-19-14;/h6,9,12H,2-5,7-8H2,1H3,(H,16,18);1H/t12-;/m0./s1. The third kappa shape index (κ3) is 3.95. The van der Waals surface area contributed by atoms with Gasteiger partial charge in [-0.25, -0.2) is 0 Å². The lowest BCUT2D eigenvalue weighted by Crippen LogP contribution is -2.47. The molecule has 1 aromatic rings. The Morgan fingerprint density at radius 3 is 3.10 bits per heavy atom. The maximum atomic E-state index is 12.4. The zero-order valence-electron chi connectivity index (χ0n) is 11.6. The van der Waals surface area contributed by atoms with E-state index in [0.717, 1.165) is 32.4 Å². The number of piperidine rings is 1. The Bertz CT molecular complexity index is 481. The smallest absolute Gasteiger partial charge is 0.242 e. The highest BCUT2D eigenvalue weighted by Crippen LogP contribution is 2.24. The Morgan fingerprint density at radius 2 is 2.40 bits per heavy atom. The quantitative estimate of drug-likeness (QED) is 0.928. The van der Waals surface area contributed by atoms with Crippen LogP contribution in [0, 0.1) is 11.3 Å². The fourth-order valence-corrected chi connectivity index (χ4v) is 3.27. The molecule has 0 unspecified atom stereocenters. The number of nitriles is 1. The topological polar surface area (TPSA) is 56.1 Å². The van der Waals surface area contributed by atoms with Crippen LogP contribution in [0.25, 0.3) is 0 Å². The number of likely N-dealkylation sites (tertiary alicyclic amines) is 1. The highest BCUT2D eigenvalue weighted by Gasteiger charge is 2.28. The van der Waals surface area contributed by atoms with Crippen LogP contribution in [0.15, 0.2) is 11.4 Å². The van der Waals surface area contributed by atoms with E-state index in [4.69, 9.17) is 5.26 Å². The predicted molar refractivity (Wildman–Crippen MR) is 84.4 cm³/mol. The van der Waals surface area contributed by atoms with Gasteiger partial charge in [-0.15, -0.1) is 23.7 Å². The molecule has 1 amide bonds. The van der Waals surface area contributed by atoms with Crippen LogP contribution in [0.4, 0.5) is 5.00 Å². The lowest BCUT2D eigenvalue weighted by molar-refractivity contribution is -0.122. The van der Waals surface area contributed by atoms with Crippen LogP contribution in [0.3, 0.4) is 0 Å². The minimum Gasteiger partial charge on any atom is -0.315 e. The van der Waals surface area contributed by atoms with E-state index in [1.54, 1.807) is 6.07 Å². The van der Waals surface area contributed by atoms with E-state index in [0.29, 0.717) is 10.6 Å². The second-order valence-electron chi connectivity index (χ2n) is 4.81. The maximum Gasteiger partial charge on any atom is 0.242 e. The van der Waals surface area contributed by atoms with Gasteiger partial charge in [0.1, 0.15) is 11.1 Å². The van der Waals surface area contributed by atoms with Crippen LogP contribution in [0.5, 0.6) is 0 Å². The average Bonchev–Trinajstić information content (AvgIpc) is 2.87. The molecular formula is C14H20ClN3OS. The van der Waals surface area contributed by atoms with Crippen LogP contribution in [0.2, 0.25) is 0 Å². The molecule has 1 aliphatic heterocycles. The predicted octanol–water partition coefficient (Wildman–Crippen LogP) is 3.24. The summed E-state index contributed by atoms with van der Waals surface area (Å²) >= 11 is 1.41. The van der Waals surface area contributed by atoms with Crippen molar-refractivity contribution in [3.63, 3.8) is 0 Å². The summed E-state index contributed by atoms with van der Waals surface area (Å²) < 4.78 is 0. The number of thiophene rings is 1. The molecule has 1 aromatic heterocycles. The van der Waals surface area contributed by atoms with Crippen molar-refractivity contribution in [2.75, 3.05) is 18.4 Å². The molecule has 0 spiro atoms. The molecule has 4 nitrogen and oxygen atoms in total. The van der Waals surface area contributed by atoms with Gasteiger partial charge in [0.15, 0.2) is 0 Å². The number of hydrogen-bond donors (Lipinski definition) is 1. The molecule has 0 aromatic carbocycles. The summed E-state index contributed by atoms with van der Waals surface area (Å²) in [6, 6.07) is 3.80. The van der Waals surface area contributed by atoms with Gasteiger partial charge in [-0.3, -0.25) is 9.69 Å². The Hall–Kier alpha value is -1.09. The average molecular weight is 314 g/mol. The summed E-state index contributed by atoms with van der Waals surface area (Å²) in [5, 5.41) is 14.4. The summed E-state index contributed by atoms with van der Waals surface area (Å²) in [6.45, 7) is 4.10. The van der Waals surface area contributed by atoms with E-state index in [9.17, 15) is 4.79 Å². The fraction of sp³-hybridized carbons (Fsp3) is 0.571. The van der Waals surface area contributed by atoms with Gasteiger partial charge >= 0.3 is 0 Å². The first-order chi connectivity index (χ1) is 9.26. The van der Waals surface area contributed by atoms with Crippen molar-refractivity contribution in [1.29, 1.82) is 5.26 Å². The number of hydrogen-bond acceptors (Lipinski definition) is 4. The van der Waals surface area contributed by atoms with Crippen molar-refractivity contribution in [2.24, 2.45) is 0 Å². The van der Waals surface area contributed by atoms with E-state index in [1.165, 1.54) is 17.8 Å². The van der Waals surface area contributed by atoms with Gasteiger partial charge in [0, 0.05) is 0 Å². The van der Waals surface area contributed by atoms with Gasteiger partial charge in [-0.05, 0) is 43.8 Å².